The fourth-order valence-corrected chi connectivity index (χ4v) is 2.74. The van der Waals surface area contributed by atoms with E-state index in [0.29, 0.717) is 22.5 Å². The second-order valence-electron chi connectivity index (χ2n) is 3.18. The van der Waals surface area contributed by atoms with Crippen LogP contribution in [0, 0.1) is 5.82 Å². The van der Waals surface area contributed by atoms with Crippen LogP contribution in [0.5, 0.6) is 0 Å². The first-order valence-corrected chi connectivity index (χ1v) is 6.90. The van der Waals surface area contributed by atoms with E-state index in [4.69, 9.17) is 5.73 Å². The molecule has 1 aromatic rings. The molecule has 1 rings (SSSR count). The molecule has 0 saturated heterocycles. The molecule has 2 nitrogen and oxygen atoms in total. The van der Waals surface area contributed by atoms with Crippen LogP contribution in [0.25, 0.3) is 0 Å². The van der Waals surface area contributed by atoms with Crippen LogP contribution in [0.2, 0.25) is 0 Å². The Morgan fingerprint density at radius 2 is 2.20 bits per heavy atom. The summed E-state index contributed by atoms with van der Waals surface area (Å²) in [5.41, 5.74) is 6.20. The van der Waals surface area contributed by atoms with Crippen LogP contribution in [0.3, 0.4) is 0 Å². The van der Waals surface area contributed by atoms with Crippen molar-refractivity contribution in [3.05, 3.63) is 34.1 Å². The molecule has 0 aliphatic carbocycles. The highest BCUT2D eigenvalue weighted by molar-refractivity contribution is 9.10. The van der Waals surface area contributed by atoms with Gasteiger partial charge in [0.05, 0.1) is 4.47 Å². The summed E-state index contributed by atoms with van der Waals surface area (Å²) in [5, 5.41) is 0. The van der Waals surface area contributed by atoms with Crippen molar-refractivity contribution >= 4 is 26.7 Å². The highest BCUT2D eigenvalue weighted by atomic mass is 79.9. The van der Waals surface area contributed by atoms with Gasteiger partial charge in [0.25, 0.3) is 0 Å². The van der Waals surface area contributed by atoms with Crippen LogP contribution >= 0.6 is 15.9 Å². The van der Waals surface area contributed by atoms with Gasteiger partial charge in [-0.05, 0) is 46.6 Å². The van der Waals surface area contributed by atoms with E-state index >= 15 is 0 Å². The van der Waals surface area contributed by atoms with Crippen LogP contribution in [-0.2, 0) is 16.6 Å². The molecule has 15 heavy (non-hydrogen) atoms. The smallest absolute Gasteiger partial charge is 0.137 e. The zero-order valence-electron chi connectivity index (χ0n) is 8.21. The Morgan fingerprint density at radius 1 is 1.47 bits per heavy atom. The third-order valence-electron chi connectivity index (χ3n) is 1.89. The molecular weight excluding hydrogens is 281 g/mol. The molecule has 0 amide bonds. The number of nitrogens with two attached hydrogens (primary N) is 1. The van der Waals surface area contributed by atoms with Gasteiger partial charge in [0, 0.05) is 22.3 Å². The van der Waals surface area contributed by atoms with Gasteiger partial charge < -0.3 is 5.73 Å². The maximum absolute atomic E-state index is 12.9. The number of hydrogen-bond donors (Lipinski definition) is 1. The second kappa shape index (κ2) is 6.35. The van der Waals surface area contributed by atoms with Gasteiger partial charge in [-0.25, -0.2) is 4.39 Å². The van der Waals surface area contributed by atoms with Crippen molar-refractivity contribution in [3.63, 3.8) is 0 Å². The van der Waals surface area contributed by atoms with E-state index in [2.05, 4.69) is 15.9 Å². The number of hydrogen-bond acceptors (Lipinski definition) is 2. The highest BCUT2D eigenvalue weighted by Crippen LogP contribution is 2.17. The molecule has 84 valence electrons. The predicted molar refractivity (Wildman–Crippen MR) is 64.5 cm³/mol. The lowest BCUT2D eigenvalue weighted by molar-refractivity contribution is 0.620. The van der Waals surface area contributed by atoms with Gasteiger partial charge >= 0.3 is 0 Å². The van der Waals surface area contributed by atoms with Crippen LogP contribution < -0.4 is 5.73 Å². The SMILES string of the molecule is NCCCS(=O)Cc1ccc(F)c(Br)c1. The average molecular weight is 294 g/mol. The Kier molecular flexibility index (Phi) is 5.42. The molecule has 0 aromatic heterocycles. The van der Waals surface area contributed by atoms with E-state index in [1.54, 1.807) is 12.1 Å². The number of benzene rings is 1. The fraction of sp³-hybridized carbons (Fsp3) is 0.400. The Morgan fingerprint density at radius 3 is 2.80 bits per heavy atom. The highest BCUT2D eigenvalue weighted by Gasteiger charge is 2.04. The van der Waals surface area contributed by atoms with Gasteiger partial charge in [0.15, 0.2) is 0 Å². The van der Waals surface area contributed by atoms with Crippen LogP contribution in [0.4, 0.5) is 4.39 Å². The Labute approximate surface area is 99.6 Å². The molecule has 1 unspecified atom stereocenters. The van der Waals surface area contributed by atoms with Gasteiger partial charge in [-0.1, -0.05) is 6.07 Å². The monoisotopic (exact) mass is 293 g/mol. The zero-order valence-corrected chi connectivity index (χ0v) is 10.6. The lowest BCUT2D eigenvalue weighted by Gasteiger charge is -2.03. The summed E-state index contributed by atoms with van der Waals surface area (Å²) in [6, 6.07) is 4.69. The van der Waals surface area contributed by atoms with Crippen molar-refractivity contribution in [1.82, 2.24) is 0 Å². The maximum Gasteiger partial charge on any atom is 0.137 e. The first-order chi connectivity index (χ1) is 7.13. The predicted octanol–water partition coefficient (Wildman–Crippen LogP) is 2.19. The normalized spacial score (nSPS) is 12.7. The minimum atomic E-state index is -0.909. The minimum absolute atomic E-state index is 0.300. The fourth-order valence-electron chi connectivity index (χ4n) is 1.13. The van der Waals surface area contributed by atoms with Gasteiger partial charge in [-0.2, -0.15) is 0 Å². The summed E-state index contributed by atoms with van der Waals surface area (Å²) in [6.45, 7) is 0.554. The summed E-state index contributed by atoms with van der Waals surface area (Å²) in [7, 11) is -0.909. The Hall–Kier alpha value is -0.260. The molecule has 0 aliphatic rings. The summed E-state index contributed by atoms with van der Waals surface area (Å²) in [4.78, 5) is 0. The molecule has 1 aromatic carbocycles. The maximum atomic E-state index is 12.9. The van der Waals surface area contributed by atoms with Crippen molar-refractivity contribution in [2.24, 2.45) is 5.73 Å². The van der Waals surface area contributed by atoms with Gasteiger partial charge in [0.2, 0.25) is 0 Å². The van der Waals surface area contributed by atoms with E-state index in [9.17, 15) is 8.60 Å². The second-order valence-corrected chi connectivity index (χ2v) is 5.61. The quantitative estimate of drug-likeness (QED) is 0.904. The Balaban J connectivity index is 2.57. The molecular formula is C10H13BrFNOS. The number of rotatable bonds is 5. The van der Waals surface area contributed by atoms with Crippen LogP contribution in [-0.4, -0.2) is 16.5 Å². The van der Waals surface area contributed by atoms with Crippen molar-refractivity contribution in [1.29, 1.82) is 0 Å². The summed E-state index contributed by atoms with van der Waals surface area (Å²) in [5.74, 6) is 0.760. The van der Waals surface area contributed by atoms with E-state index < -0.39 is 10.8 Å². The lowest BCUT2D eigenvalue weighted by atomic mass is 10.2. The molecule has 1 atom stereocenters. The van der Waals surface area contributed by atoms with Crippen molar-refractivity contribution < 1.29 is 8.60 Å². The minimum Gasteiger partial charge on any atom is -0.330 e. The molecule has 2 N–H and O–H groups in total. The molecule has 0 spiro atoms. The molecule has 0 heterocycles. The van der Waals surface area contributed by atoms with Gasteiger partial charge in [-0.3, -0.25) is 4.21 Å². The third kappa shape index (κ3) is 4.40. The molecule has 0 bridgehead atoms. The summed E-state index contributed by atoms with van der Waals surface area (Å²) in [6.07, 6.45) is 0.759. The summed E-state index contributed by atoms with van der Waals surface area (Å²) < 4.78 is 24.8. The van der Waals surface area contributed by atoms with Gasteiger partial charge in [-0.15, -0.1) is 0 Å². The van der Waals surface area contributed by atoms with Crippen molar-refractivity contribution in [2.75, 3.05) is 12.3 Å². The van der Waals surface area contributed by atoms with E-state index in [0.717, 1.165) is 12.0 Å². The standard InChI is InChI=1S/C10H13BrFNOS/c11-9-6-8(2-3-10(9)12)7-15(14)5-1-4-13/h2-3,6H,1,4-5,7,13H2. The topological polar surface area (TPSA) is 43.1 Å². The molecule has 0 aliphatic heterocycles. The lowest BCUT2D eigenvalue weighted by Crippen LogP contribution is -2.07. The first-order valence-electron chi connectivity index (χ1n) is 4.62. The number of halogens is 2. The van der Waals surface area contributed by atoms with Crippen LogP contribution in [0.1, 0.15) is 12.0 Å². The summed E-state index contributed by atoms with van der Waals surface area (Å²) >= 11 is 3.09. The third-order valence-corrected chi connectivity index (χ3v) is 3.89. The molecule has 5 heteroatoms. The van der Waals surface area contributed by atoms with E-state index in [1.807, 2.05) is 0 Å². The first kappa shape index (κ1) is 12.8. The van der Waals surface area contributed by atoms with Gasteiger partial charge in [0.1, 0.15) is 5.82 Å². The largest absolute Gasteiger partial charge is 0.330 e. The van der Waals surface area contributed by atoms with Crippen molar-refractivity contribution in [2.45, 2.75) is 12.2 Å². The Bertz CT molecular complexity index is 359. The molecule has 0 fully saturated rings. The van der Waals surface area contributed by atoms with Crippen LogP contribution in [0.15, 0.2) is 22.7 Å². The van der Waals surface area contributed by atoms with E-state index in [1.165, 1.54) is 6.07 Å². The molecule has 0 saturated carbocycles. The molecule has 0 radical (unpaired) electrons. The average Bonchev–Trinajstić information content (AvgIpc) is 2.20. The van der Waals surface area contributed by atoms with E-state index in [-0.39, 0.29) is 5.82 Å². The van der Waals surface area contributed by atoms with Crippen molar-refractivity contribution in [3.8, 4) is 0 Å². The zero-order chi connectivity index (χ0) is 11.3.